The van der Waals surface area contributed by atoms with Gasteiger partial charge in [0.1, 0.15) is 0 Å². The zero-order valence-electron chi connectivity index (χ0n) is 8.22. The maximum Gasteiger partial charge on any atom is -0.00726 e. The fourth-order valence-corrected chi connectivity index (χ4v) is 1.67. The monoisotopic (exact) mass is 172 g/mol. The second kappa shape index (κ2) is 3.37. The normalized spacial score (nSPS) is 15.8. The number of rotatable bonds is 3. The quantitative estimate of drug-likeness (QED) is 0.610. The van der Waals surface area contributed by atoms with Crippen LogP contribution in [0.3, 0.4) is 0 Å². The minimum absolute atomic E-state index is 0.874. The molecule has 1 fully saturated rings. The topological polar surface area (TPSA) is 0 Å². The summed E-state index contributed by atoms with van der Waals surface area (Å²) < 4.78 is 0. The van der Waals surface area contributed by atoms with Gasteiger partial charge in [-0.2, -0.15) is 0 Å². The minimum atomic E-state index is 0.874. The van der Waals surface area contributed by atoms with Crippen molar-refractivity contribution in [2.75, 3.05) is 0 Å². The molecular formula is C13H16. The first kappa shape index (κ1) is 8.55. The second-order valence-corrected chi connectivity index (χ2v) is 4.15. The van der Waals surface area contributed by atoms with E-state index in [4.69, 9.17) is 0 Å². The summed E-state index contributed by atoms with van der Waals surface area (Å²) in [4.78, 5) is 0. The smallest absolute Gasteiger partial charge is 0.00726 e. The molecule has 0 aliphatic heterocycles. The number of allylic oxidation sites excluding steroid dienone is 1. The molecule has 0 bridgehead atoms. The third-order valence-electron chi connectivity index (χ3n) is 2.53. The molecule has 0 unspecified atom stereocenters. The van der Waals surface area contributed by atoms with Crippen LogP contribution in [-0.4, -0.2) is 0 Å². The van der Waals surface area contributed by atoms with E-state index in [1.165, 1.54) is 29.5 Å². The highest BCUT2D eigenvalue weighted by Gasteiger charge is 2.22. The third-order valence-corrected chi connectivity index (χ3v) is 2.53. The Balaban J connectivity index is 2.08. The molecule has 1 aromatic rings. The molecule has 1 aliphatic carbocycles. The molecule has 1 aromatic carbocycles. The maximum absolute atomic E-state index is 3.92. The Labute approximate surface area is 80.3 Å². The predicted octanol–water partition coefficient (Wildman–Crippen LogP) is 3.68. The van der Waals surface area contributed by atoms with Gasteiger partial charge in [0.2, 0.25) is 0 Å². The Morgan fingerprint density at radius 3 is 2.38 bits per heavy atom. The molecule has 0 atom stereocenters. The van der Waals surface area contributed by atoms with Crippen molar-refractivity contribution in [2.45, 2.75) is 32.1 Å². The summed E-state index contributed by atoms with van der Waals surface area (Å²) >= 11 is 0. The highest BCUT2D eigenvalue weighted by atomic mass is 14.3. The third kappa shape index (κ3) is 2.21. The minimum Gasteiger partial charge on any atom is -0.0998 e. The van der Waals surface area contributed by atoms with Gasteiger partial charge in [0.15, 0.2) is 0 Å². The molecule has 0 N–H and O–H groups in total. The van der Waals surface area contributed by atoms with E-state index in [1.807, 2.05) is 0 Å². The molecule has 0 heteroatoms. The van der Waals surface area contributed by atoms with Gasteiger partial charge in [-0.05, 0) is 43.2 Å². The number of hydrogen-bond acceptors (Lipinski definition) is 0. The lowest BCUT2D eigenvalue weighted by Gasteiger charge is -2.02. The predicted molar refractivity (Wildman–Crippen MR) is 56.9 cm³/mol. The van der Waals surface area contributed by atoms with Gasteiger partial charge in [-0.1, -0.05) is 36.4 Å². The molecule has 2 rings (SSSR count). The van der Waals surface area contributed by atoms with E-state index in [1.54, 1.807) is 0 Å². The molecule has 68 valence electrons. The van der Waals surface area contributed by atoms with E-state index in [2.05, 4.69) is 37.8 Å². The van der Waals surface area contributed by atoms with Crippen molar-refractivity contribution in [1.29, 1.82) is 0 Å². The zero-order valence-corrected chi connectivity index (χ0v) is 8.22. The first-order chi connectivity index (χ1) is 6.25. The van der Waals surface area contributed by atoms with Crippen molar-refractivity contribution in [2.24, 2.45) is 0 Å². The van der Waals surface area contributed by atoms with Crippen molar-refractivity contribution in [3.05, 3.63) is 47.5 Å². The lowest BCUT2D eigenvalue weighted by molar-refractivity contribution is 1.10. The van der Waals surface area contributed by atoms with Gasteiger partial charge in [0.05, 0.1) is 0 Å². The first-order valence-corrected chi connectivity index (χ1v) is 4.99. The summed E-state index contributed by atoms with van der Waals surface area (Å²) in [5.41, 5.74) is 4.14. The summed E-state index contributed by atoms with van der Waals surface area (Å²) in [5.74, 6) is 0.874. The Kier molecular flexibility index (Phi) is 2.22. The molecule has 1 saturated carbocycles. The molecule has 0 nitrogen and oxygen atoms in total. The van der Waals surface area contributed by atoms with Gasteiger partial charge < -0.3 is 0 Å². The number of benzene rings is 1. The van der Waals surface area contributed by atoms with E-state index < -0.39 is 0 Å². The van der Waals surface area contributed by atoms with Gasteiger partial charge in [-0.25, -0.2) is 0 Å². The van der Waals surface area contributed by atoms with Crippen molar-refractivity contribution >= 4 is 0 Å². The summed E-state index contributed by atoms with van der Waals surface area (Å²) in [6, 6.07) is 9.02. The van der Waals surface area contributed by atoms with E-state index in [9.17, 15) is 0 Å². The Morgan fingerprint density at radius 1 is 1.31 bits per heavy atom. The SMILES string of the molecule is C=C(C)Cc1ccc(C2CC2)cc1. The van der Waals surface area contributed by atoms with Crippen LogP contribution >= 0.6 is 0 Å². The van der Waals surface area contributed by atoms with Crippen molar-refractivity contribution in [1.82, 2.24) is 0 Å². The van der Waals surface area contributed by atoms with Crippen LogP contribution in [0.15, 0.2) is 36.4 Å². The van der Waals surface area contributed by atoms with Crippen molar-refractivity contribution in [3.63, 3.8) is 0 Å². The van der Waals surface area contributed by atoms with Crippen LogP contribution in [0.5, 0.6) is 0 Å². The van der Waals surface area contributed by atoms with Crippen LogP contribution in [0, 0.1) is 0 Å². The molecule has 1 aliphatic rings. The molecular weight excluding hydrogens is 156 g/mol. The fourth-order valence-electron chi connectivity index (χ4n) is 1.67. The second-order valence-electron chi connectivity index (χ2n) is 4.15. The average molecular weight is 172 g/mol. The van der Waals surface area contributed by atoms with Crippen LogP contribution in [0.1, 0.15) is 36.8 Å². The van der Waals surface area contributed by atoms with E-state index in [-0.39, 0.29) is 0 Å². The van der Waals surface area contributed by atoms with E-state index in [0.717, 1.165) is 12.3 Å². The first-order valence-electron chi connectivity index (χ1n) is 4.99. The van der Waals surface area contributed by atoms with Gasteiger partial charge >= 0.3 is 0 Å². The molecule has 0 aromatic heterocycles. The molecule has 0 radical (unpaired) electrons. The summed E-state index contributed by atoms with van der Waals surface area (Å²) in [6.45, 7) is 6.00. The Bertz CT molecular complexity index is 301. The lowest BCUT2D eigenvalue weighted by atomic mass is 10.0. The Morgan fingerprint density at radius 2 is 1.92 bits per heavy atom. The van der Waals surface area contributed by atoms with Crippen LogP contribution in [-0.2, 0) is 6.42 Å². The molecule has 0 amide bonds. The molecule has 0 spiro atoms. The van der Waals surface area contributed by atoms with Crippen molar-refractivity contribution in [3.8, 4) is 0 Å². The summed E-state index contributed by atoms with van der Waals surface area (Å²) in [7, 11) is 0. The fraction of sp³-hybridized carbons (Fsp3) is 0.385. The maximum atomic E-state index is 3.92. The summed E-state index contributed by atoms with van der Waals surface area (Å²) in [6.07, 6.45) is 3.80. The number of hydrogen-bond donors (Lipinski definition) is 0. The zero-order chi connectivity index (χ0) is 9.26. The van der Waals surface area contributed by atoms with Gasteiger partial charge in [-0.15, -0.1) is 0 Å². The molecule has 0 saturated heterocycles. The average Bonchev–Trinajstić information content (AvgIpc) is 2.87. The molecule has 0 heterocycles. The highest BCUT2D eigenvalue weighted by Crippen LogP contribution is 2.39. The van der Waals surface area contributed by atoms with Crippen molar-refractivity contribution < 1.29 is 0 Å². The molecule has 13 heavy (non-hydrogen) atoms. The van der Waals surface area contributed by atoms with E-state index in [0.29, 0.717) is 0 Å². The van der Waals surface area contributed by atoms with Gasteiger partial charge in [-0.3, -0.25) is 0 Å². The van der Waals surface area contributed by atoms with Gasteiger partial charge in [0.25, 0.3) is 0 Å². The summed E-state index contributed by atoms with van der Waals surface area (Å²) in [5, 5.41) is 0. The van der Waals surface area contributed by atoms with Crippen LogP contribution < -0.4 is 0 Å². The highest BCUT2D eigenvalue weighted by molar-refractivity contribution is 5.29. The van der Waals surface area contributed by atoms with Crippen LogP contribution in [0.2, 0.25) is 0 Å². The van der Waals surface area contributed by atoms with E-state index >= 15 is 0 Å². The lowest BCUT2D eigenvalue weighted by Crippen LogP contribution is -1.86. The standard InChI is InChI=1S/C13H16/c1-10(2)9-11-3-5-12(6-4-11)13-7-8-13/h3-6,13H,1,7-9H2,2H3. The Hall–Kier alpha value is -1.04. The van der Waals surface area contributed by atoms with Crippen LogP contribution in [0.25, 0.3) is 0 Å². The van der Waals surface area contributed by atoms with Crippen LogP contribution in [0.4, 0.5) is 0 Å². The van der Waals surface area contributed by atoms with Gasteiger partial charge in [0, 0.05) is 0 Å². The largest absolute Gasteiger partial charge is 0.0998 e.